The van der Waals surface area contributed by atoms with Crippen molar-refractivity contribution in [3.05, 3.63) is 214 Å². The average Bonchev–Trinajstić information content (AvgIpc) is 1.53. The second-order valence-corrected chi connectivity index (χ2v) is 34.0. The van der Waals surface area contributed by atoms with Crippen LogP contribution in [0.4, 0.5) is 8.78 Å². The fraction of sp³-hybridized carbons (Fsp3) is 0.438. The zero-order valence-electron chi connectivity index (χ0n) is 65.6. The van der Waals surface area contributed by atoms with E-state index in [1.807, 2.05) is 12.1 Å². The molecule has 0 saturated heterocycles. The molecule has 0 aliphatic heterocycles. The molecule has 2 unspecified atom stereocenters. The zero-order chi connectivity index (χ0) is 75.1. The van der Waals surface area contributed by atoms with Gasteiger partial charge in [0.1, 0.15) is 34.6 Å². The minimum atomic E-state index is -0.530. The summed E-state index contributed by atoms with van der Waals surface area (Å²) < 4.78 is 69.6. The molecule has 12 aromatic rings. The van der Waals surface area contributed by atoms with Crippen LogP contribution >= 0.6 is 45.3 Å². The molecule has 0 amide bonds. The molecule has 0 bridgehead atoms. The van der Waals surface area contributed by atoms with Crippen LogP contribution < -0.4 is 18.9 Å². The molecule has 12 rings (SSSR count). The van der Waals surface area contributed by atoms with Crippen LogP contribution in [0.2, 0.25) is 0 Å². The maximum atomic E-state index is 19.2. The van der Waals surface area contributed by atoms with Gasteiger partial charge in [-0.2, -0.15) is 0 Å². The summed E-state index contributed by atoms with van der Waals surface area (Å²) >= 11 is 6.87. The lowest BCUT2D eigenvalue weighted by atomic mass is 9.91. The van der Waals surface area contributed by atoms with Crippen molar-refractivity contribution in [2.24, 2.45) is 11.8 Å². The highest BCUT2D eigenvalue weighted by atomic mass is 32.1. The molecular formula is C96H116F2N2O4S4. The van der Waals surface area contributed by atoms with Crippen LogP contribution in [-0.4, -0.2) is 35.6 Å². The summed E-state index contributed by atoms with van der Waals surface area (Å²) in [5, 5.41) is 5.75. The summed E-state index contributed by atoms with van der Waals surface area (Å²) in [5.41, 5.74) is 10.9. The summed E-state index contributed by atoms with van der Waals surface area (Å²) in [6.45, 7) is 20.7. The normalized spacial score (nSPS) is 12.4. The first-order chi connectivity index (χ1) is 53.1. The Morgan fingerprint density at radius 3 is 0.935 bits per heavy atom. The van der Waals surface area contributed by atoms with Crippen molar-refractivity contribution in [3.63, 3.8) is 0 Å². The number of fused-ring (bicyclic) bond motifs is 5. The van der Waals surface area contributed by atoms with Gasteiger partial charge in [-0.15, -0.1) is 45.3 Å². The number of nitrogens with zero attached hydrogens (tertiary/aromatic N) is 2. The Morgan fingerprint density at radius 2 is 0.657 bits per heavy atom. The van der Waals surface area contributed by atoms with Crippen LogP contribution in [0.1, 0.15) is 255 Å². The smallest absolute Gasteiger partial charge is 0.132 e. The fourth-order valence-electron chi connectivity index (χ4n) is 15.8. The zero-order valence-corrected chi connectivity index (χ0v) is 68.9. The van der Waals surface area contributed by atoms with Crippen LogP contribution in [0, 0.1) is 23.5 Å². The van der Waals surface area contributed by atoms with Gasteiger partial charge in [0.05, 0.1) is 60.6 Å². The molecule has 108 heavy (non-hydrogen) atoms. The summed E-state index contributed by atoms with van der Waals surface area (Å²) in [4.78, 5) is 6.56. The van der Waals surface area contributed by atoms with E-state index < -0.39 is 12.1 Å². The molecule has 0 N–H and O–H groups in total. The lowest BCUT2D eigenvalue weighted by Crippen LogP contribution is -2.13. The third-order valence-electron chi connectivity index (χ3n) is 22.0. The number of ether oxygens (including phenoxy) is 4. The molecule has 6 heterocycles. The number of thiophene rings is 4. The second kappa shape index (κ2) is 40.5. The summed E-state index contributed by atoms with van der Waals surface area (Å²) in [5.74, 6) is 3.53. The van der Waals surface area contributed by atoms with Crippen molar-refractivity contribution >= 4 is 78.2 Å². The van der Waals surface area contributed by atoms with Crippen LogP contribution in [0.5, 0.6) is 23.0 Å². The molecule has 6 nitrogen and oxygen atoms in total. The van der Waals surface area contributed by atoms with Gasteiger partial charge in [0, 0.05) is 51.2 Å². The molecular weight excluding hydrogens is 1410 g/mol. The maximum absolute atomic E-state index is 19.2. The fourth-order valence-corrected chi connectivity index (χ4v) is 19.9. The third-order valence-corrected chi connectivity index (χ3v) is 26.6. The topological polar surface area (TPSA) is 46.8 Å². The van der Waals surface area contributed by atoms with Gasteiger partial charge >= 0.3 is 0 Å². The highest BCUT2D eigenvalue weighted by molar-refractivity contribution is 7.24. The van der Waals surface area contributed by atoms with Crippen molar-refractivity contribution in [1.82, 2.24) is 9.13 Å². The molecule has 12 heteroatoms. The Kier molecular flexibility index (Phi) is 30.0. The van der Waals surface area contributed by atoms with Gasteiger partial charge in [-0.25, -0.2) is 8.78 Å². The van der Waals surface area contributed by atoms with Gasteiger partial charge in [-0.1, -0.05) is 244 Å². The Bertz CT molecular complexity index is 4270. The standard InChI is InChI=1S/C96H116F2N2O4S4/c1-9-17-23-27-53-101-75-45-37-69(38-46-75)91(70-39-47-76(48-40-70)102-54-28-24-18-10-2)99-85-65-79(95-73(59-67(15-7)33-21-13-5)61-89(107-95)87-35-31-57-105-87)83(97)63-81(85)94-93(99)82-64-84(98)80(96-74(60-68(16-8)34-22-14-6)62-90(108-96)88-36-32-58-106-88)66-86(82)100(94)92(71-41-49-77(50-42-71)103-55-29-25-19-11-3)72-43-51-78(52-44-72)104-56-30-26-20-12-4/h31-32,35-52,57-58,61-68,91-92H,9-30,33-34,53-56,59-60H2,1-8H3. The number of hydrogen-bond donors (Lipinski definition) is 0. The van der Waals surface area contributed by atoms with E-state index in [9.17, 15) is 0 Å². The molecule has 0 saturated carbocycles. The first kappa shape index (κ1) is 80.1. The van der Waals surface area contributed by atoms with Crippen molar-refractivity contribution in [2.75, 3.05) is 26.4 Å². The first-order valence-electron chi connectivity index (χ1n) is 41.3. The predicted octanol–water partition coefficient (Wildman–Crippen LogP) is 30.6. The molecule has 0 spiro atoms. The molecule has 6 aromatic carbocycles. The van der Waals surface area contributed by atoms with E-state index in [1.54, 1.807) is 45.3 Å². The molecule has 0 fully saturated rings. The predicted molar refractivity (Wildman–Crippen MR) is 461 cm³/mol. The molecule has 0 radical (unpaired) electrons. The highest BCUT2D eigenvalue weighted by Gasteiger charge is 2.34. The lowest BCUT2D eigenvalue weighted by molar-refractivity contribution is 0.304. The monoisotopic (exact) mass is 1530 g/mol. The van der Waals surface area contributed by atoms with E-state index in [1.165, 1.54) is 46.6 Å². The molecule has 6 aromatic heterocycles. The summed E-state index contributed by atoms with van der Waals surface area (Å²) in [7, 11) is 0. The minimum Gasteiger partial charge on any atom is -0.494 e. The first-order valence-corrected chi connectivity index (χ1v) is 44.7. The number of halogens is 2. The van der Waals surface area contributed by atoms with E-state index in [0.29, 0.717) is 49.4 Å². The van der Waals surface area contributed by atoms with Crippen LogP contribution in [0.3, 0.4) is 0 Å². The number of hydrogen-bond acceptors (Lipinski definition) is 8. The van der Waals surface area contributed by atoms with Gasteiger partial charge in [-0.3, -0.25) is 0 Å². The van der Waals surface area contributed by atoms with Crippen LogP contribution in [-0.2, 0) is 12.8 Å². The lowest BCUT2D eigenvalue weighted by Gasteiger charge is -2.24. The van der Waals surface area contributed by atoms with E-state index >= 15 is 8.78 Å². The van der Waals surface area contributed by atoms with E-state index in [4.69, 9.17) is 18.9 Å². The highest BCUT2D eigenvalue weighted by Crippen LogP contribution is 2.52. The maximum Gasteiger partial charge on any atom is 0.132 e. The van der Waals surface area contributed by atoms with Gasteiger partial charge in [0.15, 0.2) is 0 Å². The number of rotatable bonds is 46. The molecule has 2 atom stereocenters. The molecule has 572 valence electrons. The van der Waals surface area contributed by atoms with E-state index in [-0.39, 0.29) is 11.6 Å². The summed E-state index contributed by atoms with van der Waals surface area (Å²) in [6.07, 6.45) is 28.2. The molecule has 0 aliphatic carbocycles. The van der Waals surface area contributed by atoms with Gasteiger partial charge in [0.25, 0.3) is 0 Å². The Balaban J connectivity index is 1.19. The van der Waals surface area contributed by atoms with Crippen molar-refractivity contribution in [3.8, 4) is 63.4 Å². The van der Waals surface area contributed by atoms with Gasteiger partial charge < -0.3 is 28.1 Å². The van der Waals surface area contributed by atoms with Gasteiger partial charge in [0.2, 0.25) is 0 Å². The third kappa shape index (κ3) is 19.6. The second-order valence-electron chi connectivity index (χ2n) is 30.0. The van der Waals surface area contributed by atoms with Gasteiger partial charge in [-0.05, 0) is 192 Å². The quantitative estimate of drug-likeness (QED) is 0.0357. The Morgan fingerprint density at radius 1 is 0.343 bits per heavy atom. The SMILES string of the molecule is CCCCCCOc1ccc(C(c2ccc(OCCCCCC)cc2)n2c3cc(-c4sc(-c5cccs5)cc4CC(CC)CCCC)c(F)cc3c3c2c2cc(F)c(-c4sc(-c5cccs5)cc4CC(CC)CCCC)cc2n3C(c2ccc(OCCCCCC)cc2)c2ccc(OCCCCCC)cc2)cc1. The summed E-state index contributed by atoms with van der Waals surface area (Å²) in [6, 6.07) is 55.0. The number of unbranched alkanes of at least 4 members (excludes halogenated alkanes) is 14. The Hall–Kier alpha value is -7.48. The van der Waals surface area contributed by atoms with Crippen LogP contribution in [0.15, 0.2) is 168 Å². The number of benzene rings is 6. The minimum absolute atomic E-state index is 0.291. The van der Waals surface area contributed by atoms with Crippen molar-refractivity contribution < 1.29 is 27.7 Å². The van der Waals surface area contributed by atoms with E-state index in [2.05, 4.69) is 221 Å². The largest absolute Gasteiger partial charge is 0.494 e. The van der Waals surface area contributed by atoms with Crippen molar-refractivity contribution in [2.45, 2.75) is 234 Å². The average molecular weight is 1530 g/mol. The van der Waals surface area contributed by atoms with E-state index in [0.717, 1.165) is 239 Å². The number of aromatic nitrogens is 2. The van der Waals surface area contributed by atoms with Crippen LogP contribution in [0.25, 0.3) is 73.2 Å². The Labute approximate surface area is 659 Å². The van der Waals surface area contributed by atoms with Crippen molar-refractivity contribution in [1.29, 1.82) is 0 Å². The molecule has 0 aliphatic rings.